The molecule has 0 radical (unpaired) electrons. The molecule has 0 amide bonds. The van der Waals surface area contributed by atoms with Crippen molar-refractivity contribution in [2.75, 3.05) is 17.7 Å². The number of nitrogens with zero attached hydrogens (tertiary/aromatic N) is 1. The number of carboxylic acid groups (broad SMARTS) is 1. The second-order valence-corrected chi connectivity index (χ2v) is 4.67. The molecule has 0 saturated heterocycles. The Bertz CT molecular complexity index is 689. The molecule has 110 valence electrons. The average Bonchev–Trinajstić information content (AvgIpc) is 2.42. The van der Waals surface area contributed by atoms with Crippen LogP contribution in [0.2, 0.25) is 0 Å². The van der Waals surface area contributed by atoms with Crippen LogP contribution in [0.5, 0.6) is 0 Å². The van der Waals surface area contributed by atoms with Gasteiger partial charge in [-0.05, 0) is 36.4 Å². The average molecular weight is 292 g/mol. The minimum atomic E-state index is -1.08. The number of benzene rings is 2. The number of anilines is 2. The summed E-state index contributed by atoms with van der Waals surface area (Å²) in [7, 11) is 1.66. The molecule has 0 atom stereocenters. The van der Waals surface area contributed by atoms with Gasteiger partial charge >= 0.3 is 5.97 Å². The van der Waals surface area contributed by atoms with Crippen LogP contribution in [0.4, 0.5) is 20.2 Å². The van der Waals surface area contributed by atoms with Crippen LogP contribution < -0.4 is 10.6 Å². The highest BCUT2D eigenvalue weighted by atomic mass is 19.1. The Morgan fingerprint density at radius 1 is 1.24 bits per heavy atom. The lowest BCUT2D eigenvalue weighted by Gasteiger charge is -2.21. The van der Waals surface area contributed by atoms with Crippen LogP contribution in [0.1, 0.15) is 15.9 Å². The van der Waals surface area contributed by atoms with Gasteiger partial charge in [-0.15, -0.1) is 0 Å². The number of halogens is 2. The molecular formula is C15H14F2N2O2. The molecule has 0 unspecified atom stereocenters. The van der Waals surface area contributed by atoms with Gasteiger partial charge in [-0.1, -0.05) is 0 Å². The number of hydrogen-bond donors (Lipinski definition) is 2. The molecular weight excluding hydrogens is 278 g/mol. The highest BCUT2D eigenvalue weighted by Crippen LogP contribution is 2.25. The van der Waals surface area contributed by atoms with Gasteiger partial charge in [0.15, 0.2) is 0 Å². The lowest BCUT2D eigenvalue weighted by atomic mass is 10.1. The predicted octanol–water partition coefficient (Wildman–Crippen LogP) is 2.88. The maximum atomic E-state index is 13.6. The van der Waals surface area contributed by atoms with Crippen molar-refractivity contribution in [2.45, 2.75) is 6.54 Å². The normalized spacial score (nSPS) is 10.4. The molecule has 0 aliphatic rings. The topological polar surface area (TPSA) is 66.6 Å². The van der Waals surface area contributed by atoms with E-state index in [2.05, 4.69) is 0 Å². The molecule has 0 bridgehead atoms. The lowest BCUT2D eigenvalue weighted by molar-refractivity contribution is 0.0697. The van der Waals surface area contributed by atoms with E-state index in [1.165, 1.54) is 18.2 Å². The minimum absolute atomic E-state index is 0.0709. The van der Waals surface area contributed by atoms with Crippen molar-refractivity contribution >= 4 is 17.3 Å². The first kappa shape index (κ1) is 14.8. The molecule has 2 aromatic rings. The molecule has 0 fully saturated rings. The number of carbonyl (C=O) groups is 1. The molecule has 21 heavy (non-hydrogen) atoms. The van der Waals surface area contributed by atoms with Crippen molar-refractivity contribution in [3.63, 3.8) is 0 Å². The van der Waals surface area contributed by atoms with Crippen LogP contribution in [-0.2, 0) is 6.54 Å². The standard InChI is InChI=1S/C15H14F2N2O2/c1-19(8-10-6-11(16)3-4-12(10)17)14-5-2-9(15(20)21)7-13(14)18/h2-7H,8,18H2,1H3,(H,20,21). The van der Waals surface area contributed by atoms with E-state index in [1.807, 2.05) is 0 Å². The molecule has 0 aliphatic carbocycles. The van der Waals surface area contributed by atoms with Gasteiger partial charge in [0.05, 0.1) is 16.9 Å². The zero-order chi connectivity index (χ0) is 15.6. The third-order valence-corrected chi connectivity index (χ3v) is 3.10. The molecule has 6 heteroatoms. The summed E-state index contributed by atoms with van der Waals surface area (Å²) < 4.78 is 26.8. The molecule has 2 rings (SSSR count). The van der Waals surface area contributed by atoms with Crippen molar-refractivity contribution in [1.82, 2.24) is 0 Å². The molecule has 0 aromatic heterocycles. The largest absolute Gasteiger partial charge is 0.478 e. The summed E-state index contributed by atoms with van der Waals surface area (Å²) in [5.41, 5.74) is 6.88. The summed E-state index contributed by atoms with van der Waals surface area (Å²) in [6, 6.07) is 7.51. The van der Waals surface area contributed by atoms with Gasteiger partial charge in [-0.25, -0.2) is 13.6 Å². The predicted molar refractivity (Wildman–Crippen MR) is 76.3 cm³/mol. The fraction of sp³-hybridized carbons (Fsp3) is 0.133. The monoisotopic (exact) mass is 292 g/mol. The van der Waals surface area contributed by atoms with Gasteiger partial charge in [0.1, 0.15) is 11.6 Å². The number of aromatic carboxylic acids is 1. The van der Waals surface area contributed by atoms with Crippen molar-refractivity contribution in [1.29, 1.82) is 0 Å². The van der Waals surface area contributed by atoms with E-state index in [1.54, 1.807) is 11.9 Å². The van der Waals surface area contributed by atoms with Crippen molar-refractivity contribution in [3.8, 4) is 0 Å². The van der Waals surface area contributed by atoms with E-state index >= 15 is 0 Å². The van der Waals surface area contributed by atoms with Crippen LogP contribution in [0.15, 0.2) is 36.4 Å². The van der Waals surface area contributed by atoms with Gasteiger partial charge < -0.3 is 15.7 Å². The summed E-state index contributed by atoms with van der Waals surface area (Å²) in [5, 5.41) is 8.88. The maximum absolute atomic E-state index is 13.6. The first-order valence-corrected chi connectivity index (χ1v) is 6.16. The fourth-order valence-electron chi connectivity index (χ4n) is 2.04. The highest BCUT2D eigenvalue weighted by Gasteiger charge is 2.12. The molecule has 0 heterocycles. The molecule has 0 saturated carbocycles. The fourth-order valence-corrected chi connectivity index (χ4v) is 2.04. The molecule has 0 aliphatic heterocycles. The molecule has 3 N–H and O–H groups in total. The number of hydrogen-bond acceptors (Lipinski definition) is 3. The van der Waals surface area contributed by atoms with Crippen molar-refractivity contribution < 1.29 is 18.7 Å². The minimum Gasteiger partial charge on any atom is -0.478 e. The third-order valence-electron chi connectivity index (χ3n) is 3.10. The second-order valence-electron chi connectivity index (χ2n) is 4.67. The van der Waals surface area contributed by atoms with Gasteiger partial charge in [0.2, 0.25) is 0 Å². The first-order valence-electron chi connectivity index (χ1n) is 6.16. The van der Waals surface area contributed by atoms with Gasteiger partial charge in [-0.3, -0.25) is 0 Å². The Balaban J connectivity index is 2.26. The molecule has 4 nitrogen and oxygen atoms in total. The Morgan fingerprint density at radius 2 is 1.95 bits per heavy atom. The quantitative estimate of drug-likeness (QED) is 0.850. The Labute approximate surface area is 120 Å². The van der Waals surface area contributed by atoms with E-state index in [0.717, 1.165) is 18.2 Å². The van der Waals surface area contributed by atoms with E-state index in [0.29, 0.717) is 5.69 Å². The third kappa shape index (κ3) is 3.28. The van der Waals surface area contributed by atoms with Crippen LogP contribution in [0.3, 0.4) is 0 Å². The number of rotatable bonds is 4. The van der Waals surface area contributed by atoms with E-state index in [9.17, 15) is 13.6 Å². The van der Waals surface area contributed by atoms with E-state index in [-0.39, 0.29) is 23.4 Å². The van der Waals surface area contributed by atoms with Crippen molar-refractivity contribution in [3.05, 3.63) is 59.2 Å². The van der Waals surface area contributed by atoms with Crippen LogP contribution in [0, 0.1) is 11.6 Å². The zero-order valence-electron chi connectivity index (χ0n) is 11.3. The van der Waals surface area contributed by atoms with Crippen molar-refractivity contribution in [2.24, 2.45) is 0 Å². The first-order chi connectivity index (χ1) is 9.88. The molecule has 2 aromatic carbocycles. The highest BCUT2D eigenvalue weighted by molar-refractivity contribution is 5.90. The summed E-state index contributed by atoms with van der Waals surface area (Å²) >= 11 is 0. The van der Waals surface area contributed by atoms with Gasteiger partial charge in [0, 0.05) is 19.2 Å². The van der Waals surface area contributed by atoms with Gasteiger partial charge in [-0.2, -0.15) is 0 Å². The maximum Gasteiger partial charge on any atom is 0.335 e. The SMILES string of the molecule is CN(Cc1cc(F)ccc1F)c1ccc(C(=O)O)cc1N. The Hall–Kier alpha value is -2.63. The number of carboxylic acids is 1. The number of nitrogen functional groups attached to an aromatic ring is 1. The summed E-state index contributed by atoms with van der Waals surface area (Å²) in [4.78, 5) is 12.5. The summed E-state index contributed by atoms with van der Waals surface area (Å²) in [6.45, 7) is 0.111. The lowest BCUT2D eigenvalue weighted by Crippen LogP contribution is -2.19. The van der Waals surface area contributed by atoms with E-state index in [4.69, 9.17) is 10.8 Å². The Kier molecular flexibility index (Phi) is 4.07. The molecule has 0 spiro atoms. The van der Waals surface area contributed by atoms with Crippen LogP contribution in [0.25, 0.3) is 0 Å². The van der Waals surface area contributed by atoms with E-state index < -0.39 is 17.6 Å². The Morgan fingerprint density at radius 3 is 2.57 bits per heavy atom. The number of nitrogens with two attached hydrogens (primary N) is 1. The van der Waals surface area contributed by atoms with Crippen LogP contribution >= 0.6 is 0 Å². The second kappa shape index (κ2) is 5.78. The van der Waals surface area contributed by atoms with Crippen LogP contribution in [-0.4, -0.2) is 18.1 Å². The summed E-state index contributed by atoms with van der Waals surface area (Å²) in [6.07, 6.45) is 0. The van der Waals surface area contributed by atoms with Gasteiger partial charge in [0.25, 0.3) is 0 Å². The smallest absolute Gasteiger partial charge is 0.335 e. The summed E-state index contributed by atoms with van der Waals surface area (Å²) in [5.74, 6) is -2.11. The zero-order valence-corrected chi connectivity index (χ0v) is 11.3.